The zero-order valence-electron chi connectivity index (χ0n) is 9.55. The Hall–Kier alpha value is -0.870. The number of rotatable bonds is 4. The van der Waals surface area contributed by atoms with Crippen LogP contribution >= 0.6 is 11.6 Å². The van der Waals surface area contributed by atoms with Crippen LogP contribution in [-0.4, -0.2) is 27.2 Å². The van der Waals surface area contributed by atoms with Gasteiger partial charge in [-0.15, -0.1) is 0 Å². The van der Waals surface area contributed by atoms with Gasteiger partial charge in [-0.05, 0) is 19.8 Å². The van der Waals surface area contributed by atoms with Crippen LogP contribution in [0.2, 0.25) is 5.15 Å². The van der Waals surface area contributed by atoms with Gasteiger partial charge in [0, 0.05) is 12.0 Å². The van der Waals surface area contributed by atoms with Crippen molar-refractivity contribution < 1.29 is 5.11 Å². The zero-order valence-corrected chi connectivity index (χ0v) is 10.3. The summed E-state index contributed by atoms with van der Waals surface area (Å²) < 4.78 is 0. The lowest BCUT2D eigenvalue weighted by Gasteiger charge is -2.17. The molecule has 2 N–H and O–H groups in total. The Kier molecular flexibility index (Phi) is 3.04. The summed E-state index contributed by atoms with van der Waals surface area (Å²) in [6.45, 7) is 4.01. The largest absolute Gasteiger partial charge is 0.394 e. The van der Waals surface area contributed by atoms with Gasteiger partial charge in [-0.25, -0.2) is 9.97 Å². The highest BCUT2D eigenvalue weighted by Crippen LogP contribution is 2.39. The number of anilines is 1. The van der Waals surface area contributed by atoms with E-state index in [2.05, 4.69) is 15.3 Å². The first kappa shape index (κ1) is 11.6. The molecule has 1 aliphatic rings. The van der Waals surface area contributed by atoms with Gasteiger partial charge < -0.3 is 10.4 Å². The van der Waals surface area contributed by atoms with Gasteiger partial charge in [0.05, 0.1) is 12.1 Å². The van der Waals surface area contributed by atoms with Gasteiger partial charge >= 0.3 is 0 Å². The van der Waals surface area contributed by atoms with Crippen molar-refractivity contribution >= 4 is 17.4 Å². The maximum atomic E-state index is 9.27. The molecule has 0 aromatic carbocycles. The van der Waals surface area contributed by atoms with E-state index in [-0.39, 0.29) is 12.1 Å². The number of hydrogen-bond acceptors (Lipinski definition) is 4. The Morgan fingerprint density at radius 3 is 2.62 bits per heavy atom. The topological polar surface area (TPSA) is 58.0 Å². The number of halogens is 1. The molecule has 2 rings (SSSR count). The molecule has 0 unspecified atom stereocenters. The minimum absolute atomic E-state index is 0.134. The Balaban J connectivity index is 2.29. The first-order chi connectivity index (χ1) is 7.60. The smallest absolute Gasteiger partial charge is 0.137 e. The van der Waals surface area contributed by atoms with Crippen LogP contribution in [0.1, 0.15) is 31.2 Å². The summed E-state index contributed by atoms with van der Waals surface area (Å²) >= 11 is 6.04. The second kappa shape index (κ2) is 4.18. The second-order valence-corrected chi connectivity index (χ2v) is 4.68. The van der Waals surface area contributed by atoms with Gasteiger partial charge in [-0.1, -0.05) is 18.5 Å². The van der Waals surface area contributed by atoms with Crippen molar-refractivity contribution in [3.63, 3.8) is 0 Å². The van der Waals surface area contributed by atoms with E-state index in [9.17, 15) is 5.11 Å². The standard InChI is InChI=1S/C11H16ClN3O/c1-3-8-13-9(12)7(2)10(14-8)15-11(6-16)4-5-11/h16H,3-6H2,1-2H3,(H,13,14,15). The average molecular weight is 242 g/mol. The molecular formula is C11H16ClN3O. The molecule has 88 valence electrons. The number of nitrogens with one attached hydrogen (secondary N) is 1. The van der Waals surface area contributed by atoms with E-state index in [1.807, 2.05) is 13.8 Å². The third-order valence-corrected chi connectivity index (χ3v) is 3.36. The Morgan fingerprint density at radius 1 is 1.44 bits per heavy atom. The van der Waals surface area contributed by atoms with Gasteiger partial charge in [-0.2, -0.15) is 0 Å². The molecular weight excluding hydrogens is 226 g/mol. The lowest BCUT2D eigenvalue weighted by Crippen LogP contribution is -2.27. The quantitative estimate of drug-likeness (QED) is 0.791. The van der Waals surface area contributed by atoms with Gasteiger partial charge in [0.15, 0.2) is 0 Å². The first-order valence-electron chi connectivity index (χ1n) is 5.52. The summed E-state index contributed by atoms with van der Waals surface area (Å²) in [5.74, 6) is 1.48. The van der Waals surface area contributed by atoms with Crippen LogP contribution in [0.15, 0.2) is 0 Å². The van der Waals surface area contributed by atoms with E-state index in [4.69, 9.17) is 11.6 Å². The maximum absolute atomic E-state index is 9.27. The summed E-state index contributed by atoms with van der Waals surface area (Å²) in [6, 6.07) is 0. The molecule has 1 heterocycles. The Bertz CT molecular complexity index is 404. The molecule has 0 amide bonds. The monoisotopic (exact) mass is 241 g/mol. The minimum Gasteiger partial charge on any atom is -0.394 e. The SMILES string of the molecule is CCc1nc(Cl)c(C)c(NC2(CO)CC2)n1. The number of aliphatic hydroxyl groups is 1. The predicted molar refractivity (Wildman–Crippen MR) is 63.8 cm³/mol. The van der Waals surface area contributed by atoms with Crippen molar-refractivity contribution in [2.24, 2.45) is 0 Å². The number of aryl methyl sites for hydroxylation is 1. The number of hydrogen-bond donors (Lipinski definition) is 2. The van der Waals surface area contributed by atoms with Crippen molar-refractivity contribution in [3.8, 4) is 0 Å². The average Bonchev–Trinajstić information content (AvgIpc) is 3.05. The lowest BCUT2D eigenvalue weighted by atomic mass is 10.2. The van der Waals surface area contributed by atoms with Crippen LogP contribution in [0, 0.1) is 6.92 Å². The van der Waals surface area contributed by atoms with Crippen LogP contribution in [0.3, 0.4) is 0 Å². The van der Waals surface area contributed by atoms with Gasteiger partial charge in [-0.3, -0.25) is 0 Å². The van der Waals surface area contributed by atoms with Crippen LogP contribution in [0.25, 0.3) is 0 Å². The lowest BCUT2D eigenvalue weighted by molar-refractivity contribution is 0.266. The highest BCUT2D eigenvalue weighted by Gasteiger charge is 2.42. The summed E-state index contributed by atoms with van der Waals surface area (Å²) in [4.78, 5) is 8.59. The molecule has 0 radical (unpaired) electrons. The van der Waals surface area contributed by atoms with Crippen LogP contribution in [0.4, 0.5) is 5.82 Å². The zero-order chi connectivity index (χ0) is 11.8. The van der Waals surface area contributed by atoms with Crippen LogP contribution in [0.5, 0.6) is 0 Å². The molecule has 16 heavy (non-hydrogen) atoms. The van der Waals surface area contributed by atoms with Crippen molar-refractivity contribution in [1.29, 1.82) is 0 Å². The summed E-state index contributed by atoms with van der Waals surface area (Å²) in [5, 5.41) is 13.0. The molecule has 1 aromatic heterocycles. The number of aliphatic hydroxyl groups excluding tert-OH is 1. The summed E-state index contributed by atoms with van der Waals surface area (Å²) in [5.41, 5.74) is 0.673. The van der Waals surface area contributed by atoms with Crippen molar-refractivity contribution in [2.45, 2.75) is 38.6 Å². The van der Waals surface area contributed by atoms with Crippen molar-refractivity contribution in [1.82, 2.24) is 9.97 Å². The molecule has 0 spiro atoms. The Labute approximate surface area is 100 Å². The number of nitrogens with zero attached hydrogens (tertiary/aromatic N) is 2. The maximum Gasteiger partial charge on any atom is 0.137 e. The molecule has 5 heteroatoms. The molecule has 0 saturated heterocycles. The highest BCUT2D eigenvalue weighted by atomic mass is 35.5. The fourth-order valence-corrected chi connectivity index (χ4v) is 1.72. The first-order valence-corrected chi connectivity index (χ1v) is 5.90. The van der Waals surface area contributed by atoms with E-state index in [0.29, 0.717) is 5.15 Å². The van der Waals surface area contributed by atoms with Crippen molar-refractivity contribution in [2.75, 3.05) is 11.9 Å². The van der Waals surface area contributed by atoms with Gasteiger partial charge in [0.1, 0.15) is 16.8 Å². The third-order valence-electron chi connectivity index (χ3n) is 2.99. The van der Waals surface area contributed by atoms with E-state index in [0.717, 1.165) is 36.5 Å². The molecule has 1 fully saturated rings. The molecule has 1 saturated carbocycles. The molecule has 0 bridgehead atoms. The Morgan fingerprint density at radius 2 is 2.12 bits per heavy atom. The van der Waals surface area contributed by atoms with E-state index >= 15 is 0 Å². The molecule has 4 nitrogen and oxygen atoms in total. The van der Waals surface area contributed by atoms with Crippen molar-refractivity contribution in [3.05, 3.63) is 16.5 Å². The number of aromatic nitrogens is 2. The second-order valence-electron chi connectivity index (χ2n) is 4.32. The normalized spacial score (nSPS) is 17.2. The summed E-state index contributed by atoms with van der Waals surface area (Å²) in [6.07, 6.45) is 2.71. The van der Waals surface area contributed by atoms with Gasteiger partial charge in [0.25, 0.3) is 0 Å². The van der Waals surface area contributed by atoms with Gasteiger partial charge in [0.2, 0.25) is 0 Å². The van der Waals surface area contributed by atoms with Crippen LogP contribution in [-0.2, 0) is 6.42 Å². The molecule has 1 aliphatic carbocycles. The van der Waals surface area contributed by atoms with E-state index in [1.54, 1.807) is 0 Å². The fraction of sp³-hybridized carbons (Fsp3) is 0.636. The molecule has 0 atom stereocenters. The molecule has 0 aliphatic heterocycles. The third kappa shape index (κ3) is 2.13. The fourth-order valence-electron chi connectivity index (χ4n) is 1.54. The molecule has 1 aromatic rings. The minimum atomic E-state index is -0.173. The van der Waals surface area contributed by atoms with Crippen LogP contribution < -0.4 is 5.32 Å². The highest BCUT2D eigenvalue weighted by molar-refractivity contribution is 6.30. The summed E-state index contributed by atoms with van der Waals surface area (Å²) in [7, 11) is 0. The van der Waals surface area contributed by atoms with E-state index < -0.39 is 0 Å². The van der Waals surface area contributed by atoms with E-state index in [1.165, 1.54) is 0 Å². The predicted octanol–water partition coefficient (Wildman–Crippen LogP) is 1.94.